The summed E-state index contributed by atoms with van der Waals surface area (Å²) in [4.78, 5) is 0. The van der Waals surface area contributed by atoms with Gasteiger partial charge in [0.05, 0.1) is 6.61 Å². The van der Waals surface area contributed by atoms with Crippen molar-refractivity contribution in [3.05, 3.63) is 0 Å². The van der Waals surface area contributed by atoms with E-state index in [9.17, 15) is 0 Å². The van der Waals surface area contributed by atoms with E-state index < -0.39 is 0 Å². The molecular weight excluding hydrogens is 196 g/mol. The zero-order valence-electron chi connectivity index (χ0n) is 10.0. The third kappa shape index (κ3) is 1.43. The van der Waals surface area contributed by atoms with E-state index in [4.69, 9.17) is 4.74 Å². The summed E-state index contributed by atoms with van der Waals surface area (Å²) in [5.41, 5.74) is -0.0608. The summed E-state index contributed by atoms with van der Waals surface area (Å²) < 4.78 is 5.37. The Morgan fingerprint density at radius 1 is 1.00 bits per heavy atom. The molecule has 1 heteroatoms. The molecule has 5 aliphatic rings. The van der Waals surface area contributed by atoms with Gasteiger partial charge in [-0.3, -0.25) is 0 Å². The summed E-state index contributed by atoms with van der Waals surface area (Å²) in [5, 5.41) is 0. The van der Waals surface area contributed by atoms with E-state index in [0.717, 1.165) is 30.3 Å². The van der Waals surface area contributed by atoms with Crippen molar-refractivity contribution >= 4 is 0 Å². The van der Waals surface area contributed by atoms with Crippen LogP contribution in [0.3, 0.4) is 0 Å². The molecule has 1 nitrogen and oxygen atoms in total. The first-order valence-corrected chi connectivity index (χ1v) is 6.88. The Morgan fingerprint density at radius 2 is 1.56 bits per heavy atom. The molecule has 0 radical (unpaired) electrons. The van der Waals surface area contributed by atoms with Gasteiger partial charge >= 0.3 is 0 Å². The standard InChI is InChI=1S/C15H20O/c1-15(9-16-15)3-2-14-12-5-10-4-11(7-12)8-13(14)6-10/h10-14H,4-9H2,1H3. The van der Waals surface area contributed by atoms with Crippen LogP contribution in [0.5, 0.6) is 0 Å². The smallest absolute Gasteiger partial charge is 0.149 e. The van der Waals surface area contributed by atoms with Crippen LogP contribution in [0.4, 0.5) is 0 Å². The molecule has 86 valence electrons. The zero-order chi connectivity index (χ0) is 10.8. The molecule has 16 heavy (non-hydrogen) atoms. The molecule has 0 aromatic carbocycles. The highest BCUT2D eigenvalue weighted by atomic mass is 16.6. The Hall–Kier alpha value is -0.480. The van der Waals surface area contributed by atoms with Crippen molar-refractivity contribution in [2.24, 2.45) is 29.6 Å². The van der Waals surface area contributed by atoms with Crippen LogP contribution in [0, 0.1) is 41.4 Å². The van der Waals surface area contributed by atoms with E-state index >= 15 is 0 Å². The number of epoxide rings is 1. The second-order valence-corrected chi connectivity index (χ2v) is 6.75. The number of hydrogen-bond acceptors (Lipinski definition) is 1. The van der Waals surface area contributed by atoms with Gasteiger partial charge in [-0.15, -0.1) is 0 Å². The maximum atomic E-state index is 5.37. The first-order valence-electron chi connectivity index (χ1n) is 6.88. The second kappa shape index (κ2) is 3.05. The van der Waals surface area contributed by atoms with Crippen LogP contribution < -0.4 is 0 Å². The summed E-state index contributed by atoms with van der Waals surface area (Å²) in [5.74, 6) is 11.7. The highest BCUT2D eigenvalue weighted by Crippen LogP contribution is 2.56. The summed E-state index contributed by atoms with van der Waals surface area (Å²) in [7, 11) is 0. The van der Waals surface area contributed by atoms with Gasteiger partial charge in [-0.25, -0.2) is 0 Å². The van der Waals surface area contributed by atoms with Crippen molar-refractivity contribution in [3.63, 3.8) is 0 Å². The second-order valence-electron chi connectivity index (χ2n) is 6.75. The number of hydrogen-bond donors (Lipinski definition) is 0. The van der Waals surface area contributed by atoms with Gasteiger partial charge in [0.25, 0.3) is 0 Å². The lowest BCUT2D eigenvalue weighted by molar-refractivity contribution is -0.0123. The summed E-state index contributed by atoms with van der Waals surface area (Å²) in [6, 6.07) is 0. The minimum Gasteiger partial charge on any atom is -0.356 e. The van der Waals surface area contributed by atoms with Gasteiger partial charge in [-0.2, -0.15) is 0 Å². The van der Waals surface area contributed by atoms with Crippen molar-refractivity contribution < 1.29 is 4.74 Å². The first-order chi connectivity index (χ1) is 7.72. The van der Waals surface area contributed by atoms with E-state index in [2.05, 4.69) is 18.8 Å². The normalized spacial score (nSPS) is 56.9. The molecule has 1 aliphatic heterocycles. The first kappa shape index (κ1) is 9.54. The predicted molar refractivity (Wildman–Crippen MR) is 62.7 cm³/mol. The van der Waals surface area contributed by atoms with E-state index in [0.29, 0.717) is 5.92 Å². The van der Waals surface area contributed by atoms with Crippen LogP contribution in [0.25, 0.3) is 0 Å². The molecule has 0 aromatic heterocycles. The maximum Gasteiger partial charge on any atom is 0.149 e. The van der Waals surface area contributed by atoms with Crippen LogP contribution >= 0.6 is 0 Å². The fourth-order valence-corrected chi connectivity index (χ4v) is 4.58. The monoisotopic (exact) mass is 216 g/mol. The third-order valence-corrected chi connectivity index (χ3v) is 5.31. The van der Waals surface area contributed by atoms with E-state index in [1.54, 1.807) is 0 Å². The zero-order valence-corrected chi connectivity index (χ0v) is 10.0. The van der Waals surface area contributed by atoms with Crippen LogP contribution in [0.1, 0.15) is 39.0 Å². The fraction of sp³-hybridized carbons (Fsp3) is 0.867. The lowest BCUT2D eigenvalue weighted by Crippen LogP contribution is -2.44. The molecule has 0 aromatic rings. The Kier molecular flexibility index (Phi) is 1.82. The molecule has 1 saturated heterocycles. The number of ether oxygens (including phenoxy) is 1. The summed E-state index contributed by atoms with van der Waals surface area (Å²) in [6.07, 6.45) is 7.44. The average molecular weight is 216 g/mol. The minimum absolute atomic E-state index is 0.0608. The van der Waals surface area contributed by atoms with Crippen LogP contribution in [0.2, 0.25) is 0 Å². The molecule has 1 unspecified atom stereocenters. The lowest BCUT2D eigenvalue weighted by Gasteiger charge is -2.53. The molecule has 4 saturated carbocycles. The molecule has 1 atom stereocenters. The summed E-state index contributed by atoms with van der Waals surface area (Å²) >= 11 is 0. The van der Waals surface area contributed by atoms with Crippen molar-refractivity contribution in [2.75, 3.05) is 6.61 Å². The Bertz CT molecular complexity index is 341. The third-order valence-electron chi connectivity index (χ3n) is 5.31. The van der Waals surface area contributed by atoms with Crippen molar-refractivity contribution in [2.45, 2.75) is 44.6 Å². The molecular formula is C15H20O. The topological polar surface area (TPSA) is 12.5 Å². The lowest BCUT2D eigenvalue weighted by atomic mass is 9.52. The van der Waals surface area contributed by atoms with Crippen LogP contribution in [0.15, 0.2) is 0 Å². The highest BCUT2D eigenvalue weighted by molar-refractivity contribution is 5.23. The van der Waals surface area contributed by atoms with Gasteiger partial charge in [0.1, 0.15) is 5.60 Å². The Balaban J connectivity index is 1.57. The van der Waals surface area contributed by atoms with Gasteiger partial charge < -0.3 is 4.74 Å². The Labute approximate surface area is 97.9 Å². The van der Waals surface area contributed by atoms with Crippen molar-refractivity contribution in [1.29, 1.82) is 0 Å². The van der Waals surface area contributed by atoms with Gasteiger partial charge in [-0.05, 0) is 62.7 Å². The van der Waals surface area contributed by atoms with Crippen LogP contribution in [-0.2, 0) is 4.74 Å². The molecule has 5 rings (SSSR count). The fourth-order valence-electron chi connectivity index (χ4n) is 4.58. The molecule has 1 heterocycles. The molecule has 4 bridgehead atoms. The molecule has 0 amide bonds. The van der Waals surface area contributed by atoms with Gasteiger partial charge in [0.2, 0.25) is 0 Å². The van der Waals surface area contributed by atoms with Crippen molar-refractivity contribution in [3.8, 4) is 11.8 Å². The maximum absolute atomic E-state index is 5.37. The molecule has 0 N–H and O–H groups in total. The molecule has 5 fully saturated rings. The van der Waals surface area contributed by atoms with Gasteiger partial charge in [-0.1, -0.05) is 11.8 Å². The average Bonchev–Trinajstić information content (AvgIpc) is 2.95. The summed E-state index contributed by atoms with van der Waals surface area (Å²) in [6.45, 7) is 2.98. The van der Waals surface area contributed by atoms with Crippen LogP contribution in [-0.4, -0.2) is 12.2 Å². The Morgan fingerprint density at radius 3 is 2.06 bits per heavy atom. The van der Waals surface area contributed by atoms with Gasteiger partial charge in [0, 0.05) is 5.92 Å². The van der Waals surface area contributed by atoms with Crippen molar-refractivity contribution in [1.82, 2.24) is 0 Å². The van der Waals surface area contributed by atoms with E-state index in [1.807, 2.05) is 0 Å². The molecule has 4 aliphatic carbocycles. The highest BCUT2D eigenvalue weighted by Gasteiger charge is 2.48. The molecule has 0 spiro atoms. The van der Waals surface area contributed by atoms with E-state index in [-0.39, 0.29) is 5.60 Å². The van der Waals surface area contributed by atoms with Gasteiger partial charge in [0.15, 0.2) is 0 Å². The largest absolute Gasteiger partial charge is 0.356 e. The van der Waals surface area contributed by atoms with E-state index in [1.165, 1.54) is 32.1 Å². The predicted octanol–water partition coefficient (Wildman–Crippen LogP) is 2.85. The number of rotatable bonds is 0. The quantitative estimate of drug-likeness (QED) is 0.448. The SMILES string of the molecule is CC1(C#CC2C3CC4CC(C3)CC2C4)CO1. The minimum atomic E-state index is -0.0608.